The van der Waals surface area contributed by atoms with Gasteiger partial charge in [0, 0.05) is 18.9 Å². The van der Waals surface area contributed by atoms with Crippen molar-refractivity contribution in [1.29, 1.82) is 0 Å². The van der Waals surface area contributed by atoms with Crippen LogP contribution < -0.4 is 10.9 Å². The Balaban J connectivity index is 1.64. The van der Waals surface area contributed by atoms with Crippen molar-refractivity contribution < 1.29 is 4.79 Å². The van der Waals surface area contributed by atoms with Gasteiger partial charge in [-0.05, 0) is 37.8 Å². The number of aryl methyl sites for hydroxylation is 1. The minimum absolute atomic E-state index is 0.0187. The highest BCUT2D eigenvalue weighted by Gasteiger charge is 2.28. The van der Waals surface area contributed by atoms with Crippen LogP contribution >= 0.6 is 0 Å². The van der Waals surface area contributed by atoms with Crippen molar-refractivity contribution in [2.45, 2.75) is 38.6 Å². The quantitative estimate of drug-likeness (QED) is 0.879. The summed E-state index contributed by atoms with van der Waals surface area (Å²) in [4.78, 5) is 30.9. The first kappa shape index (κ1) is 13.8. The summed E-state index contributed by atoms with van der Waals surface area (Å²) in [5, 5.41) is 3.58. The van der Waals surface area contributed by atoms with Gasteiger partial charge in [0.25, 0.3) is 5.56 Å². The molecule has 21 heavy (non-hydrogen) atoms. The molecule has 0 bridgehead atoms. The van der Waals surface area contributed by atoms with Crippen LogP contribution in [-0.4, -0.2) is 21.9 Å². The summed E-state index contributed by atoms with van der Waals surface area (Å²) in [7, 11) is 0. The van der Waals surface area contributed by atoms with E-state index in [0.29, 0.717) is 35.5 Å². The molecule has 1 unspecified atom stereocenters. The fraction of sp³-hybridized carbons (Fsp3) is 0.438. The molecule has 0 saturated heterocycles. The maximum atomic E-state index is 11.9. The summed E-state index contributed by atoms with van der Waals surface area (Å²) in [6, 6.07) is 7.47. The molecule has 3 rings (SSSR count). The highest BCUT2D eigenvalue weighted by atomic mass is 16.1. The van der Waals surface area contributed by atoms with Crippen LogP contribution in [0.4, 0.5) is 0 Å². The third kappa shape index (κ3) is 3.29. The third-order valence-corrected chi connectivity index (χ3v) is 3.97. The predicted octanol–water partition coefficient (Wildman–Crippen LogP) is 1.77. The van der Waals surface area contributed by atoms with Crippen LogP contribution in [0.25, 0.3) is 10.9 Å². The largest absolute Gasteiger partial charge is 0.353 e. The zero-order valence-corrected chi connectivity index (χ0v) is 12.1. The number of carbonyl (C=O) groups excluding carboxylic acids is 1. The number of nitrogens with zero attached hydrogens (tertiary/aromatic N) is 1. The zero-order chi connectivity index (χ0) is 14.8. The number of para-hydroxylation sites is 1. The smallest absolute Gasteiger partial charge is 0.258 e. The lowest BCUT2D eigenvalue weighted by Crippen LogP contribution is -2.34. The van der Waals surface area contributed by atoms with Crippen molar-refractivity contribution in [3.05, 3.63) is 40.4 Å². The number of nitrogens with one attached hydrogen (secondary N) is 2. The minimum atomic E-state index is -0.151. The second kappa shape index (κ2) is 5.68. The number of hydrogen-bond acceptors (Lipinski definition) is 3. The number of rotatable bonds is 5. The molecule has 0 radical (unpaired) electrons. The van der Waals surface area contributed by atoms with Crippen LogP contribution in [0.5, 0.6) is 0 Å². The second-order valence-corrected chi connectivity index (χ2v) is 5.72. The number of aromatic amines is 1. The first-order valence-corrected chi connectivity index (χ1v) is 7.41. The summed E-state index contributed by atoms with van der Waals surface area (Å²) in [5.41, 5.74) is 0.519. The molecule has 1 aliphatic rings. The van der Waals surface area contributed by atoms with Gasteiger partial charge in [0.15, 0.2) is 0 Å². The average Bonchev–Trinajstić information content (AvgIpc) is 3.30. The number of fused-ring (bicyclic) bond motifs is 1. The molecule has 5 heteroatoms. The Kier molecular flexibility index (Phi) is 3.73. The number of aromatic nitrogens is 2. The van der Waals surface area contributed by atoms with Crippen molar-refractivity contribution in [3.8, 4) is 0 Å². The predicted molar refractivity (Wildman–Crippen MR) is 81.0 cm³/mol. The SMILES string of the molecule is CC(NC(=O)CCc1nc2ccccc2c(=O)[nH]1)C1CC1. The van der Waals surface area contributed by atoms with Crippen molar-refractivity contribution in [2.75, 3.05) is 0 Å². The van der Waals surface area contributed by atoms with E-state index >= 15 is 0 Å². The Morgan fingerprint density at radius 1 is 1.43 bits per heavy atom. The summed E-state index contributed by atoms with van der Waals surface area (Å²) < 4.78 is 0. The Morgan fingerprint density at radius 2 is 2.19 bits per heavy atom. The molecular formula is C16H19N3O2. The monoisotopic (exact) mass is 285 g/mol. The molecule has 2 aromatic rings. The van der Waals surface area contributed by atoms with Gasteiger partial charge in [0.05, 0.1) is 10.9 Å². The summed E-state index contributed by atoms with van der Waals surface area (Å²) in [6.07, 6.45) is 3.21. The Morgan fingerprint density at radius 3 is 2.95 bits per heavy atom. The maximum Gasteiger partial charge on any atom is 0.258 e. The fourth-order valence-electron chi connectivity index (χ4n) is 2.53. The summed E-state index contributed by atoms with van der Waals surface area (Å²) in [6.45, 7) is 2.05. The molecule has 2 N–H and O–H groups in total. The molecule has 0 aliphatic heterocycles. The van der Waals surface area contributed by atoms with Gasteiger partial charge in [0.1, 0.15) is 5.82 Å². The van der Waals surface area contributed by atoms with E-state index < -0.39 is 0 Å². The normalized spacial score (nSPS) is 15.9. The van der Waals surface area contributed by atoms with Crippen LogP contribution in [0.1, 0.15) is 32.0 Å². The number of hydrogen-bond donors (Lipinski definition) is 2. The molecule has 1 aromatic heterocycles. The first-order chi connectivity index (χ1) is 10.1. The van der Waals surface area contributed by atoms with Crippen LogP contribution in [0.2, 0.25) is 0 Å². The van der Waals surface area contributed by atoms with E-state index in [-0.39, 0.29) is 17.5 Å². The van der Waals surface area contributed by atoms with Gasteiger partial charge in [0.2, 0.25) is 5.91 Å². The third-order valence-electron chi connectivity index (χ3n) is 3.97. The van der Waals surface area contributed by atoms with E-state index in [4.69, 9.17) is 0 Å². The lowest BCUT2D eigenvalue weighted by atomic mass is 10.2. The molecule has 1 aliphatic carbocycles. The van der Waals surface area contributed by atoms with Gasteiger partial charge in [-0.25, -0.2) is 4.98 Å². The van der Waals surface area contributed by atoms with Gasteiger partial charge in [-0.3, -0.25) is 9.59 Å². The highest BCUT2D eigenvalue weighted by molar-refractivity contribution is 5.78. The van der Waals surface area contributed by atoms with E-state index in [0.717, 1.165) is 0 Å². The lowest BCUT2D eigenvalue weighted by Gasteiger charge is -2.12. The van der Waals surface area contributed by atoms with Gasteiger partial charge in [-0.2, -0.15) is 0 Å². The molecule has 1 amide bonds. The average molecular weight is 285 g/mol. The Bertz CT molecular complexity index is 719. The molecule has 1 heterocycles. The number of H-pyrrole nitrogens is 1. The highest BCUT2D eigenvalue weighted by Crippen LogP contribution is 2.32. The minimum Gasteiger partial charge on any atom is -0.353 e. The maximum absolute atomic E-state index is 11.9. The van der Waals surface area contributed by atoms with Crippen LogP contribution in [0.3, 0.4) is 0 Å². The van der Waals surface area contributed by atoms with Gasteiger partial charge in [-0.15, -0.1) is 0 Å². The van der Waals surface area contributed by atoms with Gasteiger partial charge in [-0.1, -0.05) is 12.1 Å². The molecule has 1 fully saturated rings. The van der Waals surface area contributed by atoms with Crippen LogP contribution in [0, 0.1) is 5.92 Å². The first-order valence-electron chi connectivity index (χ1n) is 7.41. The van der Waals surface area contributed by atoms with Crippen molar-refractivity contribution in [1.82, 2.24) is 15.3 Å². The standard InChI is InChI=1S/C16H19N3O2/c1-10(11-6-7-11)17-15(20)9-8-14-18-13-5-3-2-4-12(13)16(21)19-14/h2-5,10-11H,6-9H2,1H3,(H,17,20)(H,18,19,21). The van der Waals surface area contributed by atoms with E-state index in [9.17, 15) is 9.59 Å². The summed E-state index contributed by atoms with van der Waals surface area (Å²) in [5.74, 6) is 1.23. The zero-order valence-electron chi connectivity index (χ0n) is 12.1. The molecule has 110 valence electrons. The van der Waals surface area contributed by atoms with Crippen molar-refractivity contribution in [3.63, 3.8) is 0 Å². The molecule has 5 nitrogen and oxygen atoms in total. The van der Waals surface area contributed by atoms with Crippen LogP contribution in [-0.2, 0) is 11.2 Å². The molecule has 1 atom stereocenters. The lowest BCUT2D eigenvalue weighted by molar-refractivity contribution is -0.121. The Hall–Kier alpha value is -2.17. The fourth-order valence-corrected chi connectivity index (χ4v) is 2.53. The molecule has 0 spiro atoms. The van der Waals surface area contributed by atoms with Crippen LogP contribution in [0.15, 0.2) is 29.1 Å². The number of benzene rings is 1. The van der Waals surface area contributed by atoms with E-state index in [1.54, 1.807) is 6.07 Å². The second-order valence-electron chi connectivity index (χ2n) is 5.72. The molecule has 1 aromatic carbocycles. The number of amides is 1. The van der Waals surface area contributed by atoms with E-state index in [2.05, 4.69) is 15.3 Å². The molecule has 1 saturated carbocycles. The van der Waals surface area contributed by atoms with Crippen molar-refractivity contribution in [2.24, 2.45) is 5.92 Å². The number of carbonyl (C=O) groups is 1. The molecular weight excluding hydrogens is 266 g/mol. The van der Waals surface area contributed by atoms with E-state index in [1.807, 2.05) is 25.1 Å². The van der Waals surface area contributed by atoms with Gasteiger partial charge < -0.3 is 10.3 Å². The topological polar surface area (TPSA) is 74.8 Å². The van der Waals surface area contributed by atoms with Gasteiger partial charge >= 0.3 is 0 Å². The van der Waals surface area contributed by atoms with E-state index in [1.165, 1.54) is 12.8 Å². The van der Waals surface area contributed by atoms with Crippen molar-refractivity contribution >= 4 is 16.8 Å². The summed E-state index contributed by atoms with van der Waals surface area (Å²) >= 11 is 0. The Labute approximate surface area is 122 Å².